The number of nitrogens with zero attached hydrogens (tertiary/aromatic N) is 2. The molecule has 3 rings (SSSR count). The molecular weight excluding hydrogens is 228 g/mol. The van der Waals surface area contributed by atoms with Crippen LogP contribution >= 0.6 is 0 Å². The number of carbonyl (C=O) groups is 1. The molecule has 5 nitrogen and oxygen atoms in total. The van der Waals surface area contributed by atoms with Crippen molar-refractivity contribution in [1.29, 1.82) is 0 Å². The third-order valence-electron chi connectivity index (χ3n) is 4.22. The number of rotatable bonds is 2. The first-order chi connectivity index (χ1) is 8.79. The van der Waals surface area contributed by atoms with E-state index in [0.717, 1.165) is 13.1 Å². The lowest BCUT2D eigenvalue weighted by Crippen LogP contribution is -2.30. The fourth-order valence-corrected chi connectivity index (χ4v) is 3.27. The van der Waals surface area contributed by atoms with Crippen LogP contribution in [0.3, 0.4) is 0 Å². The minimum atomic E-state index is 0.0692. The van der Waals surface area contributed by atoms with Gasteiger partial charge in [-0.25, -0.2) is 0 Å². The summed E-state index contributed by atoms with van der Waals surface area (Å²) in [5.74, 6) is 6.91. The number of likely N-dealkylation sites (tertiary alicyclic amines) is 1. The van der Waals surface area contributed by atoms with E-state index in [1.165, 1.54) is 19.3 Å². The summed E-state index contributed by atoms with van der Waals surface area (Å²) in [6.45, 7) is 1.80. The second kappa shape index (κ2) is 4.57. The summed E-state index contributed by atoms with van der Waals surface area (Å²) in [4.78, 5) is 18.4. The van der Waals surface area contributed by atoms with Gasteiger partial charge in [0.05, 0.1) is 17.4 Å². The first-order valence-corrected chi connectivity index (χ1v) is 6.49. The zero-order valence-electron chi connectivity index (χ0n) is 10.3. The zero-order chi connectivity index (χ0) is 12.5. The predicted molar refractivity (Wildman–Crippen MR) is 68.8 cm³/mol. The molecule has 0 aromatic carbocycles. The Morgan fingerprint density at radius 2 is 2.11 bits per heavy atom. The lowest BCUT2D eigenvalue weighted by molar-refractivity contribution is 0.0781. The van der Waals surface area contributed by atoms with Crippen LogP contribution < -0.4 is 11.3 Å². The molecule has 1 saturated carbocycles. The number of hydrogen-bond acceptors (Lipinski definition) is 4. The van der Waals surface area contributed by atoms with Crippen LogP contribution in [0.25, 0.3) is 0 Å². The van der Waals surface area contributed by atoms with Gasteiger partial charge in [-0.1, -0.05) is 6.42 Å². The van der Waals surface area contributed by atoms with Gasteiger partial charge in [-0.3, -0.25) is 15.6 Å². The second-order valence-corrected chi connectivity index (χ2v) is 5.23. The third-order valence-corrected chi connectivity index (χ3v) is 4.22. The van der Waals surface area contributed by atoms with Crippen LogP contribution in [0.5, 0.6) is 0 Å². The van der Waals surface area contributed by atoms with E-state index in [1.54, 1.807) is 18.5 Å². The summed E-state index contributed by atoms with van der Waals surface area (Å²) in [6.07, 6.45) is 7.08. The Morgan fingerprint density at radius 1 is 1.39 bits per heavy atom. The standard InChI is InChI=1S/C13H18N4O/c14-16-12-6-15-5-4-11(12)13(18)17-7-9-2-1-3-10(9)8-17/h4-6,9-10,16H,1-3,7-8,14H2. The molecule has 2 atom stereocenters. The van der Waals surface area contributed by atoms with Crippen LogP contribution in [0.4, 0.5) is 5.69 Å². The third kappa shape index (κ3) is 1.84. The van der Waals surface area contributed by atoms with Crippen LogP contribution in [0.15, 0.2) is 18.5 Å². The molecule has 0 bridgehead atoms. The first-order valence-electron chi connectivity index (χ1n) is 6.49. The fourth-order valence-electron chi connectivity index (χ4n) is 3.27. The van der Waals surface area contributed by atoms with E-state index in [0.29, 0.717) is 23.1 Å². The molecule has 1 aliphatic heterocycles. The van der Waals surface area contributed by atoms with Crippen molar-refractivity contribution in [2.75, 3.05) is 18.5 Å². The van der Waals surface area contributed by atoms with E-state index >= 15 is 0 Å². The maximum absolute atomic E-state index is 12.5. The maximum atomic E-state index is 12.5. The van der Waals surface area contributed by atoms with Crippen molar-refractivity contribution in [3.63, 3.8) is 0 Å². The highest BCUT2D eigenvalue weighted by Gasteiger charge is 2.38. The molecular formula is C13H18N4O. The van der Waals surface area contributed by atoms with Crippen LogP contribution in [0.1, 0.15) is 29.6 Å². The molecule has 2 fully saturated rings. The van der Waals surface area contributed by atoms with E-state index in [9.17, 15) is 4.79 Å². The van der Waals surface area contributed by atoms with Gasteiger partial charge in [0.15, 0.2) is 0 Å². The monoisotopic (exact) mass is 246 g/mol. The number of amides is 1. The topological polar surface area (TPSA) is 71.2 Å². The van der Waals surface area contributed by atoms with Gasteiger partial charge in [-0.2, -0.15) is 0 Å². The molecule has 3 N–H and O–H groups in total. The summed E-state index contributed by atoms with van der Waals surface area (Å²) < 4.78 is 0. The minimum Gasteiger partial charge on any atom is -0.338 e. The molecule has 0 radical (unpaired) electrons. The Morgan fingerprint density at radius 3 is 2.78 bits per heavy atom. The Hall–Kier alpha value is -1.62. The van der Waals surface area contributed by atoms with E-state index in [2.05, 4.69) is 10.4 Å². The van der Waals surface area contributed by atoms with Crippen LogP contribution in [-0.4, -0.2) is 28.9 Å². The average molecular weight is 246 g/mol. The number of aromatic nitrogens is 1. The van der Waals surface area contributed by atoms with Gasteiger partial charge < -0.3 is 10.3 Å². The number of carbonyl (C=O) groups excluding carboxylic acids is 1. The normalized spacial score (nSPS) is 26.2. The minimum absolute atomic E-state index is 0.0692. The highest BCUT2D eigenvalue weighted by atomic mass is 16.2. The lowest BCUT2D eigenvalue weighted by atomic mass is 10.0. The molecule has 1 aromatic heterocycles. The van der Waals surface area contributed by atoms with Crippen molar-refractivity contribution >= 4 is 11.6 Å². The predicted octanol–water partition coefficient (Wildman–Crippen LogP) is 1.24. The molecule has 1 aromatic rings. The van der Waals surface area contributed by atoms with Crippen molar-refractivity contribution in [3.05, 3.63) is 24.0 Å². The van der Waals surface area contributed by atoms with E-state index < -0.39 is 0 Å². The van der Waals surface area contributed by atoms with Gasteiger partial charge in [0, 0.05) is 19.3 Å². The summed E-state index contributed by atoms with van der Waals surface area (Å²) in [7, 11) is 0. The van der Waals surface area contributed by atoms with Gasteiger partial charge in [-0.05, 0) is 30.7 Å². The van der Waals surface area contributed by atoms with Crippen molar-refractivity contribution in [2.24, 2.45) is 17.7 Å². The molecule has 1 saturated heterocycles. The molecule has 0 spiro atoms. The molecule has 2 unspecified atom stereocenters. The molecule has 96 valence electrons. The van der Waals surface area contributed by atoms with Crippen LogP contribution in [-0.2, 0) is 0 Å². The van der Waals surface area contributed by atoms with Gasteiger partial charge in [0.2, 0.25) is 0 Å². The van der Waals surface area contributed by atoms with Gasteiger partial charge in [-0.15, -0.1) is 0 Å². The van der Waals surface area contributed by atoms with Crippen molar-refractivity contribution < 1.29 is 4.79 Å². The molecule has 18 heavy (non-hydrogen) atoms. The number of hydrazine groups is 1. The Labute approximate surface area is 106 Å². The number of nitrogens with one attached hydrogen (secondary N) is 1. The molecule has 1 aliphatic carbocycles. The second-order valence-electron chi connectivity index (χ2n) is 5.23. The molecule has 5 heteroatoms. The quantitative estimate of drug-likeness (QED) is 0.608. The molecule has 1 amide bonds. The number of pyridine rings is 1. The zero-order valence-corrected chi connectivity index (χ0v) is 10.3. The van der Waals surface area contributed by atoms with Crippen LogP contribution in [0, 0.1) is 11.8 Å². The lowest BCUT2D eigenvalue weighted by Gasteiger charge is -2.18. The molecule has 2 aliphatic rings. The summed E-state index contributed by atoms with van der Waals surface area (Å²) in [5, 5.41) is 0. The number of nitrogen functional groups attached to an aromatic ring is 1. The largest absolute Gasteiger partial charge is 0.338 e. The first kappa shape index (κ1) is 11.5. The van der Waals surface area contributed by atoms with E-state index in [1.807, 2.05) is 4.90 Å². The number of nitrogens with two attached hydrogens (primary N) is 1. The smallest absolute Gasteiger partial charge is 0.256 e. The van der Waals surface area contributed by atoms with Gasteiger partial charge in [0.25, 0.3) is 5.91 Å². The van der Waals surface area contributed by atoms with Crippen molar-refractivity contribution in [2.45, 2.75) is 19.3 Å². The fraction of sp³-hybridized carbons (Fsp3) is 0.538. The summed E-state index contributed by atoms with van der Waals surface area (Å²) in [5.41, 5.74) is 3.76. The van der Waals surface area contributed by atoms with E-state index in [4.69, 9.17) is 5.84 Å². The number of anilines is 1. The Balaban J connectivity index is 1.79. The van der Waals surface area contributed by atoms with Gasteiger partial charge >= 0.3 is 0 Å². The Kier molecular flexibility index (Phi) is 2.91. The maximum Gasteiger partial charge on any atom is 0.256 e. The van der Waals surface area contributed by atoms with Gasteiger partial charge in [0.1, 0.15) is 0 Å². The van der Waals surface area contributed by atoms with Crippen molar-refractivity contribution in [1.82, 2.24) is 9.88 Å². The van der Waals surface area contributed by atoms with Crippen molar-refractivity contribution in [3.8, 4) is 0 Å². The van der Waals surface area contributed by atoms with E-state index in [-0.39, 0.29) is 5.91 Å². The number of fused-ring (bicyclic) bond motifs is 1. The highest BCUT2D eigenvalue weighted by molar-refractivity contribution is 5.99. The molecule has 2 heterocycles. The Bertz CT molecular complexity index is 450. The number of hydrogen-bond donors (Lipinski definition) is 2. The van der Waals surface area contributed by atoms with Crippen LogP contribution in [0.2, 0.25) is 0 Å². The summed E-state index contributed by atoms with van der Waals surface area (Å²) >= 11 is 0. The average Bonchev–Trinajstić information content (AvgIpc) is 2.98. The summed E-state index contributed by atoms with van der Waals surface area (Å²) in [6, 6.07) is 1.73. The highest BCUT2D eigenvalue weighted by Crippen LogP contribution is 2.38. The SMILES string of the molecule is NNc1cnccc1C(=O)N1CC2CCCC2C1.